The molecule has 0 unspecified atom stereocenters. The lowest BCUT2D eigenvalue weighted by Crippen LogP contribution is -2.01. The zero-order valence-electron chi connectivity index (χ0n) is 10.8. The predicted molar refractivity (Wildman–Crippen MR) is 88.5 cm³/mol. The first-order chi connectivity index (χ1) is 9.58. The third kappa shape index (κ3) is 2.15. The molecule has 0 aliphatic carbocycles. The van der Waals surface area contributed by atoms with Crippen molar-refractivity contribution in [2.75, 3.05) is 5.73 Å². The van der Waals surface area contributed by atoms with Crippen LogP contribution in [0.3, 0.4) is 0 Å². The van der Waals surface area contributed by atoms with E-state index in [1.807, 2.05) is 36.6 Å². The molecule has 4 heteroatoms. The monoisotopic (exact) mass is 345 g/mol. The number of aryl methyl sites for hydroxylation is 1. The fourth-order valence-electron chi connectivity index (χ4n) is 2.17. The van der Waals surface area contributed by atoms with Gasteiger partial charge in [0.1, 0.15) is 0 Å². The van der Waals surface area contributed by atoms with Crippen molar-refractivity contribution in [1.82, 2.24) is 0 Å². The van der Waals surface area contributed by atoms with Crippen molar-refractivity contribution in [1.29, 1.82) is 0 Å². The van der Waals surface area contributed by atoms with Gasteiger partial charge in [-0.25, -0.2) is 0 Å². The van der Waals surface area contributed by atoms with Gasteiger partial charge in [-0.05, 0) is 52.7 Å². The second-order valence-electron chi connectivity index (χ2n) is 4.67. The first-order valence-corrected chi connectivity index (χ1v) is 7.81. The number of carbonyl (C=O) groups excluding carboxylic acids is 1. The smallest absolute Gasteiger partial charge is 0.194 e. The van der Waals surface area contributed by atoms with Gasteiger partial charge in [0.25, 0.3) is 0 Å². The van der Waals surface area contributed by atoms with Crippen LogP contribution in [0.4, 0.5) is 5.69 Å². The number of nitrogen functional groups attached to an aromatic ring is 1. The summed E-state index contributed by atoms with van der Waals surface area (Å²) in [5, 5.41) is 2.91. The minimum absolute atomic E-state index is 0.0393. The van der Waals surface area contributed by atoms with Crippen molar-refractivity contribution in [2.24, 2.45) is 0 Å². The molecule has 2 aromatic carbocycles. The molecule has 3 aromatic rings. The van der Waals surface area contributed by atoms with Crippen LogP contribution in [0.15, 0.2) is 46.3 Å². The van der Waals surface area contributed by atoms with E-state index >= 15 is 0 Å². The van der Waals surface area contributed by atoms with Crippen molar-refractivity contribution >= 4 is 48.8 Å². The number of thiophene rings is 1. The van der Waals surface area contributed by atoms with E-state index in [1.54, 1.807) is 23.5 Å². The maximum atomic E-state index is 12.6. The van der Waals surface area contributed by atoms with Gasteiger partial charge in [0.15, 0.2) is 5.78 Å². The van der Waals surface area contributed by atoms with Gasteiger partial charge in [-0.1, -0.05) is 12.1 Å². The summed E-state index contributed by atoms with van der Waals surface area (Å²) < 4.78 is 2.12. The molecule has 100 valence electrons. The van der Waals surface area contributed by atoms with Gasteiger partial charge >= 0.3 is 0 Å². The Bertz CT molecular complexity index is 822. The van der Waals surface area contributed by atoms with E-state index in [0.29, 0.717) is 11.3 Å². The van der Waals surface area contributed by atoms with Gasteiger partial charge in [0.2, 0.25) is 0 Å². The molecule has 2 N–H and O–H groups in total. The summed E-state index contributed by atoms with van der Waals surface area (Å²) in [4.78, 5) is 12.6. The standard InChI is InChI=1S/C16H12BrNOS/c1-9-7-10(5-6-14(9)18)15(19)12-8-20-16-11(12)3-2-4-13(16)17/h2-8H,18H2,1H3. The van der Waals surface area contributed by atoms with Gasteiger partial charge in [0.05, 0.1) is 0 Å². The molecule has 1 aromatic heterocycles. The molecule has 3 rings (SSSR count). The Balaban J connectivity index is 2.13. The normalized spacial score (nSPS) is 10.9. The second-order valence-corrected chi connectivity index (χ2v) is 6.40. The van der Waals surface area contributed by atoms with Gasteiger partial charge in [-0.15, -0.1) is 11.3 Å². The Kier molecular flexibility index (Phi) is 3.36. The summed E-state index contributed by atoms with van der Waals surface area (Å²) in [6.45, 7) is 1.91. The summed E-state index contributed by atoms with van der Waals surface area (Å²) >= 11 is 5.10. The highest BCUT2D eigenvalue weighted by Gasteiger charge is 2.15. The molecule has 2 nitrogen and oxygen atoms in total. The number of hydrogen-bond donors (Lipinski definition) is 1. The fraction of sp³-hybridized carbons (Fsp3) is 0.0625. The molecule has 0 aliphatic rings. The average molecular weight is 346 g/mol. The van der Waals surface area contributed by atoms with Crippen LogP contribution in [-0.4, -0.2) is 5.78 Å². The lowest BCUT2D eigenvalue weighted by molar-refractivity contribution is 0.104. The molecule has 0 saturated heterocycles. The zero-order valence-corrected chi connectivity index (χ0v) is 13.2. The van der Waals surface area contributed by atoms with E-state index in [4.69, 9.17) is 5.73 Å². The first kappa shape index (κ1) is 13.3. The Morgan fingerprint density at radius 3 is 2.80 bits per heavy atom. The molecule has 0 spiro atoms. The van der Waals surface area contributed by atoms with E-state index < -0.39 is 0 Å². The van der Waals surface area contributed by atoms with Crippen LogP contribution in [0.1, 0.15) is 21.5 Å². The third-order valence-electron chi connectivity index (χ3n) is 3.33. The van der Waals surface area contributed by atoms with E-state index in [0.717, 1.165) is 25.7 Å². The van der Waals surface area contributed by atoms with Gasteiger partial charge in [-0.3, -0.25) is 4.79 Å². The minimum Gasteiger partial charge on any atom is -0.399 e. The van der Waals surface area contributed by atoms with Crippen LogP contribution in [0.2, 0.25) is 0 Å². The number of carbonyl (C=O) groups is 1. The molecule has 0 saturated carbocycles. The number of benzene rings is 2. The van der Waals surface area contributed by atoms with Crippen LogP contribution in [0.25, 0.3) is 10.1 Å². The Morgan fingerprint density at radius 2 is 2.05 bits per heavy atom. The van der Waals surface area contributed by atoms with Crippen molar-refractivity contribution in [3.63, 3.8) is 0 Å². The predicted octanol–water partition coefficient (Wildman–Crippen LogP) is 4.79. The summed E-state index contributed by atoms with van der Waals surface area (Å²) in [6.07, 6.45) is 0. The molecule has 0 amide bonds. The maximum Gasteiger partial charge on any atom is 0.194 e. The zero-order chi connectivity index (χ0) is 14.3. The highest BCUT2D eigenvalue weighted by atomic mass is 79.9. The van der Waals surface area contributed by atoms with E-state index in [9.17, 15) is 4.79 Å². The number of nitrogens with two attached hydrogens (primary N) is 1. The van der Waals surface area contributed by atoms with E-state index in [-0.39, 0.29) is 5.78 Å². The van der Waals surface area contributed by atoms with Gasteiger partial charge < -0.3 is 5.73 Å². The maximum absolute atomic E-state index is 12.6. The number of fused-ring (bicyclic) bond motifs is 1. The quantitative estimate of drug-likeness (QED) is 0.536. The summed E-state index contributed by atoms with van der Waals surface area (Å²) in [7, 11) is 0. The Morgan fingerprint density at radius 1 is 1.25 bits per heavy atom. The molecular formula is C16H12BrNOS. The summed E-state index contributed by atoms with van der Waals surface area (Å²) in [5.74, 6) is 0.0393. The van der Waals surface area contributed by atoms with Gasteiger partial charge in [-0.2, -0.15) is 0 Å². The highest BCUT2D eigenvalue weighted by Crippen LogP contribution is 2.33. The summed E-state index contributed by atoms with van der Waals surface area (Å²) in [5.41, 5.74) is 8.86. The average Bonchev–Trinajstić information content (AvgIpc) is 2.86. The van der Waals surface area contributed by atoms with Gasteiger partial charge in [0, 0.05) is 36.8 Å². The molecule has 0 radical (unpaired) electrons. The van der Waals surface area contributed by atoms with Crippen molar-refractivity contribution in [2.45, 2.75) is 6.92 Å². The van der Waals surface area contributed by atoms with Crippen molar-refractivity contribution in [3.05, 3.63) is 62.9 Å². The Hall–Kier alpha value is -1.65. The molecule has 1 heterocycles. The number of halogens is 1. The summed E-state index contributed by atoms with van der Waals surface area (Å²) in [6, 6.07) is 11.3. The van der Waals surface area contributed by atoms with Crippen LogP contribution in [0, 0.1) is 6.92 Å². The van der Waals surface area contributed by atoms with Crippen LogP contribution in [0.5, 0.6) is 0 Å². The lowest BCUT2D eigenvalue weighted by atomic mass is 10.0. The molecular weight excluding hydrogens is 334 g/mol. The number of ketones is 1. The topological polar surface area (TPSA) is 43.1 Å². The first-order valence-electron chi connectivity index (χ1n) is 6.14. The van der Waals surface area contributed by atoms with Crippen LogP contribution in [-0.2, 0) is 0 Å². The number of anilines is 1. The van der Waals surface area contributed by atoms with Crippen LogP contribution < -0.4 is 5.73 Å². The molecule has 20 heavy (non-hydrogen) atoms. The minimum atomic E-state index is 0.0393. The molecule has 0 aliphatic heterocycles. The van der Waals surface area contributed by atoms with E-state index in [1.165, 1.54) is 0 Å². The Labute approximate surface area is 129 Å². The number of hydrogen-bond acceptors (Lipinski definition) is 3. The van der Waals surface area contributed by atoms with Crippen molar-refractivity contribution < 1.29 is 4.79 Å². The number of rotatable bonds is 2. The van der Waals surface area contributed by atoms with E-state index in [2.05, 4.69) is 15.9 Å². The molecule has 0 atom stereocenters. The molecule has 0 fully saturated rings. The second kappa shape index (κ2) is 5.04. The fourth-order valence-corrected chi connectivity index (χ4v) is 3.77. The largest absolute Gasteiger partial charge is 0.399 e. The molecule has 0 bridgehead atoms. The highest BCUT2D eigenvalue weighted by molar-refractivity contribution is 9.10. The lowest BCUT2D eigenvalue weighted by Gasteiger charge is -2.04. The van der Waals surface area contributed by atoms with Crippen LogP contribution >= 0.6 is 27.3 Å². The van der Waals surface area contributed by atoms with Crippen molar-refractivity contribution in [3.8, 4) is 0 Å². The SMILES string of the molecule is Cc1cc(C(=O)c2csc3c(Br)cccc23)ccc1N. The third-order valence-corrected chi connectivity index (χ3v) is 5.28.